The van der Waals surface area contributed by atoms with Crippen LogP contribution in [0.3, 0.4) is 0 Å². The molecule has 0 spiro atoms. The van der Waals surface area contributed by atoms with Crippen molar-refractivity contribution in [2.45, 2.75) is 43.7 Å². The molecule has 0 bridgehead atoms. The highest BCUT2D eigenvalue weighted by molar-refractivity contribution is 6.36. The number of rotatable bonds is 6. The number of carbonyl (C=O) groups excluding carboxylic acids is 2. The number of fused-ring (bicyclic) bond motifs is 1. The number of nitrogens with one attached hydrogen (secondary N) is 1. The second kappa shape index (κ2) is 8.29. The topological polar surface area (TPSA) is 83.8 Å². The Morgan fingerprint density at radius 1 is 1.23 bits per heavy atom. The zero-order chi connectivity index (χ0) is 22.1. The zero-order valence-corrected chi connectivity index (χ0v) is 17.5. The van der Waals surface area contributed by atoms with Gasteiger partial charge < -0.3 is 14.8 Å². The fourth-order valence-electron chi connectivity index (χ4n) is 3.62. The lowest BCUT2D eigenvalue weighted by Gasteiger charge is -2.34. The highest BCUT2D eigenvalue weighted by atomic mass is 35.5. The summed E-state index contributed by atoms with van der Waals surface area (Å²) in [5, 5.41) is 6.55. The number of amides is 2. The predicted molar refractivity (Wildman–Crippen MR) is 110 cm³/mol. The molecule has 1 N–H and O–H groups in total. The number of carbonyl (C=O) groups is 2. The molecule has 3 rings (SSSR count). The number of aromatic nitrogens is 1. The van der Waals surface area contributed by atoms with Gasteiger partial charge in [-0.15, -0.1) is 0 Å². The SMILES string of the molecule is CN(C)C(=O)Cn1cc(C(=O)NCC2(N=O)CCC(F)(F)CC2)c2c(Cl)cccc21. The van der Waals surface area contributed by atoms with Crippen LogP contribution in [0.1, 0.15) is 36.0 Å². The summed E-state index contributed by atoms with van der Waals surface area (Å²) in [7, 11) is 3.27. The van der Waals surface area contributed by atoms with E-state index < -0.39 is 30.2 Å². The van der Waals surface area contributed by atoms with Crippen LogP contribution < -0.4 is 5.32 Å². The second-order valence-corrected chi connectivity index (χ2v) is 8.35. The number of hydrogen-bond donors (Lipinski definition) is 1. The lowest BCUT2D eigenvalue weighted by atomic mass is 9.80. The molecule has 2 amide bonds. The summed E-state index contributed by atoms with van der Waals surface area (Å²) in [5.41, 5.74) is -0.395. The van der Waals surface area contributed by atoms with Crippen LogP contribution in [0.4, 0.5) is 8.78 Å². The molecule has 7 nitrogen and oxygen atoms in total. The van der Waals surface area contributed by atoms with Gasteiger partial charge in [-0.05, 0) is 25.0 Å². The van der Waals surface area contributed by atoms with E-state index in [0.717, 1.165) is 0 Å². The maximum absolute atomic E-state index is 13.5. The molecule has 1 heterocycles. The minimum absolute atomic E-state index is 0.0199. The zero-order valence-electron chi connectivity index (χ0n) is 16.8. The Kier molecular flexibility index (Phi) is 6.12. The quantitative estimate of drug-likeness (QED) is 0.693. The van der Waals surface area contributed by atoms with Crippen molar-refractivity contribution in [2.24, 2.45) is 5.18 Å². The van der Waals surface area contributed by atoms with Gasteiger partial charge in [-0.2, -0.15) is 4.91 Å². The summed E-state index contributed by atoms with van der Waals surface area (Å²) < 4.78 is 28.5. The van der Waals surface area contributed by atoms with E-state index in [1.807, 2.05) is 0 Å². The lowest BCUT2D eigenvalue weighted by Crippen LogP contribution is -2.46. The van der Waals surface area contributed by atoms with Crippen LogP contribution in [0, 0.1) is 4.91 Å². The average Bonchev–Trinajstić information content (AvgIpc) is 3.07. The monoisotopic (exact) mass is 440 g/mol. The smallest absolute Gasteiger partial charge is 0.253 e. The van der Waals surface area contributed by atoms with Crippen LogP contribution in [0.5, 0.6) is 0 Å². The van der Waals surface area contributed by atoms with Gasteiger partial charge in [0.1, 0.15) is 12.1 Å². The molecule has 0 radical (unpaired) electrons. The Balaban J connectivity index is 1.84. The largest absolute Gasteiger partial charge is 0.349 e. The van der Waals surface area contributed by atoms with Crippen molar-refractivity contribution < 1.29 is 18.4 Å². The van der Waals surface area contributed by atoms with Gasteiger partial charge in [-0.3, -0.25) is 9.59 Å². The minimum atomic E-state index is -2.81. The molecule has 1 aromatic heterocycles. The molecule has 162 valence electrons. The van der Waals surface area contributed by atoms with Crippen LogP contribution >= 0.6 is 11.6 Å². The molecule has 0 saturated heterocycles. The van der Waals surface area contributed by atoms with E-state index in [0.29, 0.717) is 15.9 Å². The van der Waals surface area contributed by atoms with E-state index >= 15 is 0 Å². The van der Waals surface area contributed by atoms with E-state index in [1.165, 1.54) is 11.1 Å². The first kappa shape index (κ1) is 22.1. The molecular weight excluding hydrogens is 418 g/mol. The Morgan fingerprint density at radius 3 is 2.50 bits per heavy atom. The number of benzene rings is 1. The summed E-state index contributed by atoms with van der Waals surface area (Å²) in [6.45, 7) is -0.120. The van der Waals surface area contributed by atoms with E-state index in [-0.39, 0.29) is 37.4 Å². The number of halogens is 3. The number of alkyl halides is 2. The summed E-state index contributed by atoms with van der Waals surface area (Å²) >= 11 is 6.31. The Hall–Kier alpha value is -2.55. The highest BCUT2D eigenvalue weighted by Crippen LogP contribution is 2.40. The molecule has 1 aliphatic carbocycles. The standard InChI is InChI=1S/C20H23ClF2N4O3/c1-26(2)16(28)11-27-10-13(17-14(21)4-3-5-15(17)27)18(29)24-12-19(25-30)6-8-20(22,23)9-7-19/h3-5,10H,6-9,11-12H2,1-2H3,(H,24,29). The fraction of sp³-hybridized carbons (Fsp3) is 0.500. The van der Waals surface area contributed by atoms with Crippen LogP contribution in [0.2, 0.25) is 5.02 Å². The first-order valence-corrected chi connectivity index (χ1v) is 9.93. The third-order valence-electron chi connectivity index (χ3n) is 5.59. The average molecular weight is 441 g/mol. The molecule has 0 atom stereocenters. The predicted octanol–water partition coefficient (Wildman–Crippen LogP) is 3.83. The van der Waals surface area contributed by atoms with Crippen LogP contribution in [-0.2, 0) is 11.3 Å². The van der Waals surface area contributed by atoms with Crippen LogP contribution in [0.25, 0.3) is 10.9 Å². The van der Waals surface area contributed by atoms with Crippen molar-refractivity contribution in [3.05, 3.63) is 39.9 Å². The summed E-state index contributed by atoms with van der Waals surface area (Å²) in [6.07, 6.45) is 0.468. The van der Waals surface area contributed by atoms with Crippen molar-refractivity contribution in [2.75, 3.05) is 20.6 Å². The maximum atomic E-state index is 13.5. The van der Waals surface area contributed by atoms with Gasteiger partial charge in [-0.25, -0.2) is 8.78 Å². The number of nitroso groups, excluding NO2 is 1. The molecule has 0 unspecified atom stereocenters. The van der Waals surface area contributed by atoms with Gasteiger partial charge >= 0.3 is 0 Å². The molecule has 1 aromatic carbocycles. The van der Waals surface area contributed by atoms with Crippen molar-refractivity contribution in [3.8, 4) is 0 Å². The maximum Gasteiger partial charge on any atom is 0.253 e. The second-order valence-electron chi connectivity index (χ2n) is 7.95. The third-order valence-corrected chi connectivity index (χ3v) is 5.90. The van der Waals surface area contributed by atoms with E-state index in [4.69, 9.17) is 11.6 Å². The summed E-state index contributed by atoms with van der Waals surface area (Å²) in [5.74, 6) is -3.48. The molecule has 1 aliphatic rings. The van der Waals surface area contributed by atoms with E-state index in [2.05, 4.69) is 10.5 Å². The minimum Gasteiger partial charge on any atom is -0.349 e. The van der Waals surface area contributed by atoms with Crippen molar-refractivity contribution >= 4 is 34.3 Å². The van der Waals surface area contributed by atoms with E-state index in [1.54, 1.807) is 36.9 Å². The number of hydrogen-bond acceptors (Lipinski definition) is 4. The lowest BCUT2D eigenvalue weighted by molar-refractivity contribution is -0.129. The molecule has 1 saturated carbocycles. The molecule has 30 heavy (non-hydrogen) atoms. The Bertz CT molecular complexity index is 980. The molecular formula is C20H23ClF2N4O3. The van der Waals surface area contributed by atoms with E-state index in [9.17, 15) is 23.3 Å². The van der Waals surface area contributed by atoms with Gasteiger partial charge in [0, 0.05) is 45.1 Å². The van der Waals surface area contributed by atoms with Crippen LogP contribution in [0.15, 0.2) is 29.6 Å². The molecule has 10 heteroatoms. The summed E-state index contributed by atoms with van der Waals surface area (Å²) in [4.78, 5) is 37.9. The molecule has 1 fully saturated rings. The van der Waals surface area contributed by atoms with Gasteiger partial charge in [0.2, 0.25) is 11.8 Å². The molecule has 2 aromatic rings. The first-order valence-electron chi connectivity index (χ1n) is 9.56. The van der Waals surface area contributed by atoms with Crippen molar-refractivity contribution in [3.63, 3.8) is 0 Å². The Morgan fingerprint density at radius 2 is 1.90 bits per heavy atom. The van der Waals surface area contributed by atoms with Gasteiger partial charge in [0.05, 0.1) is 16.1 Å². The number of nitrogens with zero attached hydrogens (tertiary/aromatic N) is 3. The van der Waals surface area contributed by atoms with Gasteiger partial charge in [-0.1, -0.05) is 22.8 Å². The number of likely N-dealkylation sites (N-methyl/N-ethyl adjacent to an activating group) is 1. The Labute approximate surface area is 177 Å². The third kappa shape index (κ3) is 4.45. The summed E-state index contributed by atoms with van der Waals surface area (Å²) in [6, 6.07) is 5.10. The van der Waals surface area contributed by atoms with Crippen molar-refractivity contribution in [1.29, 1.82) is 0 Å². The van der Waals surface area contributed by atoms with Crippen molar-refractivity contribution in [1.82, 2.24) is 14.8 Å². The first-order chi connectivity index (χ1) is 14.1. The normalized spacial score (nSPS) is 17.5. The highest BCUT2D eigenvalue weighted by Gasteiger charge is 2.44. The van der Waals surface area contributed by atoms with Gasteiger partial charge in [0.15, 0.2) is 0 Å². The molecule has 0 aliphatic heterocycles. The van der Waals surface area contributed by atoms with Crippen LogP contribution in [-0.4, -0.2) is 53.4 Å². The fourth-order valence-corrected chi connectivity index (χ4v) is 3.89. The van der Waals surface area contributed by atoms with Gasteiger partial charge in [0.25, 0.3) is 5.91 Å².